The fraction of sp³-hybridized carbons (Fsp3) is 0.214. The second kappa shape index (κ2) is 6.25. The smallest absolute Gasteiger partial charge is 0.293 e. The first-order valence-electron chi connectivity index (χ1n) is 6.19. The lowest BCUT2D eigenvalue weighted by Gasteiger charge is -2.11. The van der Waals surface area contributed by atoms with Gasteiger partial charge in [0.15, 0.2) is 0 Å². The van der Waals surface area contributed by atoms with Crippen molar-refractivity contribution >= 4 is 11.4 Å². The van der Waals surface area contributed by atoms with Gasteiger partial charge >= 0.3 is 0 Å². The van der Waals surface area contributed by atoms with E-state index in [0.29, 0.717) is 12.0 Å². The fourth-order valence-electron chi connectivity index (χ4n) is 2.14. The van der Waals surface area contributed by atoms with E-state index in [1.165, 1.54) is 19.2 Å². The van der Waals surface area contributed by atoms with Gasteiger partial charge in [0.25, 0.3) is 12.1 Å². The van der Waals surface area contributed by atoms with Crippen LogP contribution in [0.1, 0.15) is 23.1 Å². The summed E-state index contributed by atoms with van der Waals surface area (Å²) in [4.78, 5) is 14.3. The van der Waals surface area contributed by atoms with Crippen molar-refractivity contribution in [1.82, 2.24) is 4.98 Å². The lowest BCUT2D eigenvalue weighted by Crippen LogP contribution is -2.04. The lowest BCUT2D eigenvalue weighted by molar-refractivity contribution is -0.384. The van der Waals surface area contributed by atoms with Gasteiger partial charge in [-0.1, -0.05) is 6.07 Å². The zero-order valence-corrected chi connectivity index (χ0v) is 11.2. The monoisotopic (exact) mass is 293 g/mol. The number of nitrogens with one attached hydrogen (secondary N) is 1. The second-order valence-electron chi connectivity index (χ2n) is 4.43. The number of aromatic nitrogens is 1. The molecular formula is C14H13F2N3O2. The highest BCUT2D eigenvalue weighted by Gasteiger charge is 2.23. The molecule has 0 saturated heterocycles. The van der Waals surface area contributed by atoms with Gasteiger partial charge < -0.3 is 5.32 Å². The summed E-state index contributed by atoms with van der Waals surface area (Å²) in [6.45, 7) is 0. The molecule has 21 heavy (non-hydrogen) atoms. The third kappa shape index (κ3) is 3.31. The first kappa shape index (κ1) is 14.8. The molecule has 2 aromatic rings. The summed E-state index contributed by atoms with van der Waals surface area (Å²) in [7, 11) is 1.38. The minimum absolute atomic E-state index is 0.148. The summed E-state index contributed by atoms with van der Waals surface area (Å²) in [6.07, 6.45) is 0.707. The molecule has 0 atom stereocenters. The van der Waals surface area contributed by atoms with Crippen LogP contribution in [0.4, 0.5) is 20.2 Å². The Morgan fingerprint density at radius 2 is 2.14 bits per heavy atom. The maximum Gasteiger partial charge on any atom is 0.293 e. The summed E-state index contributed by atoms with van der Waals surface area (Å²) < 4.78 is 26.2. The lowest BCUT2D eigenvalue weighted by atomic mass is 10.0. The normalized spacial score (nSPS) is 10.7. The second-order valence-corrected chi connectivity index (χ2v) is 4.43. The Hall–Kier alpha value is -2.57. The molecule has 110 valence electrons. The summed E-state index contributed by atoms with van der Waals surface area (Å²) >= 11 is 0. The SMILES string of the molecule is CNc1c(C(F)F)cc(Cc2cccnc2)cc1[N+](=O)[O-]. The Balaban J connectivity index is 2.50. The average molecular weight is 293 g/mol. The molecule has 1 aromatic heterocycles. The van der Waals surface area contributed by atoms with Crippen LogP contribution in [0.2, 0.25) is 0 Å². The number of anilines is 1. The minimum Gasteiger partial charge on any atom is -0.382 e. The predicted octanol–water partition coefficient (Wildman–Crippen LogP) is 3.56. The van der Waals surface area contributed by atoms with Gasteiger partial charge in [0.05, 0.1) is 4.92 Å². The molecule has 0 aliphatic rings. The van der Waals surface area contributed by atoms with Crippen LogP contribution in [0.25, 0.3) is 0 Å². The predicted molar refractivity (Wildman–Crippen MR) is 74.6 cm³/mol. The molecule has 0 unspecified atom stereocenters. The van der Waals surface area contributed by atoms with Gasteiger partial charge in [0.2, 0.25) is 0 Å². The quantitative estimate of drug-likeness (QED) is 0.676. The first-order chi connectivity index (χ1) is 10.0. The number of rotatable bonds is 5. The van der Waals surface area contributed by atoms with Crippen molar-refractivity contribution in [2.24, 2.45) is 0 Å². The molecule has 5 nitrogen and oxygen atoms in total. The molecule has 0 saturated carbocycles. The van der Waals surface area contributed by atoms with Crippen LogP contribution in [-0.4, -0.2) is 17.0 Å². The van der Waals surface area contributed by atoms with Gasteiger partial charge in [-0.2, -0.15) is 0 Å². The highest BCUT2D eigenvalue weighted by Crippen LogP contribution is 2.36. The van der Waals surface area contributed by atoms with Crippen molar-refractivity contribution in [3.05, 3.63) is 63.5 Å². The molecule has 2 rings (SSSR count). The van der Waals surface area contributed by atoms with Gasteiger partial charge in [0, 0.05) is 31.1 Å². The highest BCUT2D eigenvalue weighted by molar-refractivity contribution is 5.68. The number of pyridine rings is 1. The summed E-state index contributed by atoms with van der Waals surface area (Å²) in [6, 6.07) is 6.10. The van der Waals surface area contributed by atoms with E-state index in [2.05, 4.69) is 10.3 Å². The van der Waals surface area contributed by atoms with Crippen LogP contribution in [0, 0.1) is 10.1 Å². The van der Waals surface area contributed by atoms with Gasteiger partial charge in [0.1, 0.15) is 5.69 Å². The Morgan fingerprint density at radius 1 is 1.38 bits per heavy atom. The largest absolute Gasteiger partial charge is 0.382 e. The Kier molecular flexibility index (Phi) is 4.42. The van der Waals surface area contributed by atoms with Gasteiger partial charge in [-0.25, -0.2) is 8.78 Å². The molecule has 0 bridgehead atoms. The molecule has 0 aliphatic heterocycles. The third-order valence-corrected chi connectivity index (χ3v) is 3.02. The number of benzene rings is 1. The Morgan fingerprint density at radius 3 is 2.67 bits per heavy atom. The van der Waals surface area contributed by atoms with Gasteiger partial charge in [-0.3, -0.25) is 15.1 Å². The van der Waals surface area contributed by atoms with Crippen LogP contribution in [0.3, 0.4) is 0 Å². The summed E-state index contributed by atoms with van der Waals surface area (Å²) in [5.41, 5.74) is 0.373. The van der Waals surface area contributed by atoms with E-state index in [0.717, 1.165) is 5.56 Å². The van der Waals surface area contributed by atoms with Crippen molar-refractivity contribution in [3.63, 3.8) is 0 Å². The number of nitro benzene ring substituents is 1. The summed E-state index contributed by atoms with van der Waals surface area (Å²) in [5, 5.41) is 13.6. The van der Waals surface area contributed by atoms with E-state index in [9.17, 15) is 18.9 Å². The zero-order chi connectivity index (χ0) is 15.4. The van der Waals surface area contributed by atoms with Crippen LogP contribution in [-0.2, 0) is 6.42 Å². The minimum atomic E-state index is -2.79. The third-order valence-electron chi connectivity index (χ3n) is 3.02. The highest BCUT2D eigenvalue weighted by atomic mass is 19.3. The van der Waals surface area contributed by atoms with Gasteiger partial charge in [-0.05, 0) is 29.7 Å². The molecule has 0 fully saturated rings. The Labute approximate surface area is 119 Å². The molecular weight excluding hydrogens is 280 g/mol. The van der Waals surface area contributed by atoms with Crippen LogP contribution < -0.4 is 5.32 Å². The number of hydrogen-bond acceptors (Lipinski definition) is 4. The van der Waals surface area contributed by atoms with Crippen LogP contribution >= 0.6 is 0 Å². The standard InChI is InChI=1S/C14H13F2N3O2/c1-17-13-11(14(15)16)6-10(7-12(13)19(20)21)5-9-3-2-4-18-8-9/h2-4,6-8,14,17H,5H2,1H3. The van der Waals surface area contributed by atoms with Gasteiger partial charge in [-0.15, -0.1) is 0 Å². The van der Waals surface area contributed by atoms with Crippen molar-refractivity contribution in [2.45, 2.75) is 12.8 Å². The average Bonchev–Trinajstić information content (AvgIpc) is 2.47. The van der Waals surface area contributed by atoms with E-state index in [1.54, 1.807) is 24.5 Å². The maximum atomic E-state index is 13.1. The molecule has 0 spiro atoms. The molecule has 0 radical (unpaired) electrons. The molecule has 1 aromatic carbocycles. The summed E-state index contributed by atoms with van der Waals surface area (Å²) in [5.74, 6) is 0. The van der Waals surface area contributed by atoms with Crippen molar-refractivity contribution < 1.29 is 13.7 Å². The van der Waals surface area contributed by atoms with E-state index in [-0.39, 0.29) is 16.9 Å². The van der Waals surface area contributed by atoms with Crippen LogP contribution in [0.15, 0.2) is 36.7 Å². The number of alkyl halides is 2. The topological polar surface area (TPSA) is 68.1 Å². The number of nitrogens with zero attached hydrogens (tertiary/aromatic N) is 2. The molecule has 1 N–H and O–H groups in total. The number of hydrogen-bond donors (Lipinski definition) is 1. The fourth-order valence-corrected chi connectivity index (χ4v) is 2.14. The molecule has 0 aliphatic carbocycles. The zero-order valence-electron chi connectivity index (χ0n) is 11.2. The van der Waals surface area contributed by atoms with E-state index >= 15 is 0 Å². The Bertz CT molecular complexity index is 648. The van der Waals surface area contributed by atoms with Crippen molar-refractivity contribution in [3.8, 4) is 0 Å². The molecule has 0 amide bonds. The molecule has 7 heteroatoms. The number of halogens is 2. The van der Waals surface area contributed by atoms with Crippen molar-refractivity contribution in [1.29, 1.82) is 0 Å². The van der Waals surface area contributed by atoms with E-state index < -0.39 is 11.3 Å². The van der Waals surface area contributed by atoms with E-state index in [4.69, 9.17) is 0 Å². The first-order valence-corrected chi connectivity index (χ1v) is 6.19. The molecule has 1 heterocycles. The maximum absolute atomic E-state index is 13.1. The van der Waals surface area contributed by atoms with E-state index in [1.807, 2.05) is 0 Å². The van der Waals surface area contributed by atoms with Crippen molar-refractivity contribution in [2.75, 3.05) is 12.4 Å². The number of nitro groups is 1. The van der Waals surface area contributed by atoms with Crippen LogP contribution in [0.5, 0.6) is 0 Å².